The van der Waals surface area contributed by atoms with Crippen molar-refractivity contribution in [2.75, 3.05) is 22.0 Å². The number of hydrogen-bond donors (Lipinski definition) is 2. The summed E-state index contributed by atoms with van der Waals surface area (Å²) < 4.78 is 15.5. The van der Waals surface area contributed by atoms with Gasteiger partial charge in [-0.2, -0.15) is 0 Å². The predicted molar refractivity (Wildman–Crippen MR) is 139 cm³/mol. The summed E-state index contributed by atoms with van der Waals surface area (Å²) in [4.78, 5) is 17.2. The number of para-hydroxylation sites is 1. The Morgan fingerprint density at radius 3 is 2.09 bits per heavy atom. The van der Waals surface area contributed by atoms with Gasteiger partial charge in [0.05, 0.1) is 0 Å². The van der Waals surface area contributed by atoms with Crippen molar-refractivity contribution in [3.05, 3.63) is 91.3 Å². The summed E-state index contributed by atoms with van der Waals surface area (Å²) >= 11 is 1.49. The van der Waals surface area contributed by atoms with Gasteiger partial charge in [0.1, 0.15) is 4.21 Å². The number of hydrogen-bond acceptors (Lipinski definition) is 4. The lowest BCUT2D eigenvalue weighted by Gasteiger charge is -2.17. The second-order valence-electron chi connectivity index (χ2n) is 6.59. The number of amides is 2. The van der Waals surface area contributed by atoms with Crippen molar-refractivity contribution in [2.24, 2.45) is 0 Å². The van der Waals surface area contributed by atoms with E-state index in [1.54, 1.807) is 35.9 Å². The minimum absolute atomic E-state index is 0.321. The third kappa shape index (κ3) is 6.50. The molecule has 0 bridgehead atoms. The van der Waals surface area contributed by atoms with Crippen LogP contribution in [0.2, 0.25) is 0 Å². The van der Waals surface area contributed by atoms with Gasteiger partial charge < -0.3 is 10.6 Å². The molecule has 0 saturated heterocycles. The maximum Gasteiger partial charge on any atom is 0.323 e. The van der Waals surface area contributed by atoms with Gasteiger partial charge in [-0.05, 0) is 66.2 Å². The van der Waals surface area contributed by atoms with Crippen molar-refractivity contribution in [1.82, 2.24) is 4.98 Å². The van der Waals surface area contributed by atoms with Gasteiger partial charge in [-0.1, -0.05) is 32.0 Å². The van der Waals surface area contributed by atoms with Gasteiger partial charge >= 0.3 is 6.03 Å². The molecule has 0 aliphatic heterocycles. The van der Waals surface area contributed by atoms with Crippen LogP contribution in [0, 0.1) is 0 Å². The van der Waals surface area contributed by atoms with E-state index in [9.17, 15) is 9.00 Å². The van der Waals surface area contributed by atoms with Gasteiger partial charge in [0.2, 0.25) is 0 Å². The Morgan fingerprint density at radius 2 is 1.45 bits per heavy atom. The lowest BCUT2D eigenvalue weighted by molar-refractivity contribution is 0.262. The van der Waals surface area contributed by atoms with E-state index in [1.165, 1.54) is 11.3 Å². The number of rotatable bonds is 6. The van der Waals surface area contributed by atoms with Crippen LogP contribution in [0.1, 0.15) is 13.8 Å². The first kappa shape index (κ1) is 24.2. The molecule has 2 aromatic heterocycles. The van der Waals surface area contributed by atoms with Crippen molar-refractivity contribution in [2.45, 2.75) is 18.1 Å². The highest BCUT2D eigenvalue weighted by molar-refractivity contribution is 7.88. The standard InChI is InChI=1S/C23H20N4O2S2.C2H6/c1-27(31(29)22-12-11-21(30-22)17-13-15-24-16-14-17)20-9-7-19(8-10-20)26-23(28)25-18-5-3-2-4-6-18;1-2/h2-16H,1H3,(H2,25,26,28);1-2H3. The lowest BCUT2D eigenvalue weighted by Crippen LogP contribution is -2.20. The number of nitrogens with one attached hydrogen (secondary N) is 2. The number of nitrogens with zero attached hydrogens (tertiary/aromatic N) is 2. The molecule has 0 aliphatic carbocycles. The second-order valence-corrected chi connectivity index (χ2v) is 9.42. The molecule has 0 aliphatic rings. The third-order valence-corrected chi connectivity index (χ3v) is 7.28. The summed E-state index contributed by atoms with van der Waals surface area (Å²) in [5, 5.41) is 5.56. The monoisotopic (exact) mass is 478 g/mol. The Balaban J connectivity index is 0.00000149. The smallest absolute Gasteiger partial charge is 0.308 e. The highest BCUT2D eigenvalue weighted by Gasteiger charge is 2.15. The van der Waals surface area contributed by atoms with E-state index in [2.05, 4.69) is 15.6 Å². The summed E-state index contributed by atoms with van der Waals surface area (Å²) in [6.45, 7) is 4.00. The van der Waals surface area contributed by atoms with Crippen molar-refractivity contribution in [3.63, 3.8) is 0 Å². The Hall–Kier alpha value is -3.49. The molecule has 0 radical (unpaired) electrons. The molecule has 0 saturated carbocycles. The normalized spacial score (nSPS) is 11.0. The van der Waals surface area contributed by atoms with E-state index in [1.807, 2.05) is 80.6 Å². The van der Waals surface area contributed by atoms with Gasteiger partial charge in [-0.25, -0.2) is 9.00 Å². The molecule has 33 heavy (non-hydrogen) atoms. The average molecular weight is 479 g/mol. The van der Waals surface area contributed by atoms with Crippen LogP contribution in [0.3, 0.4) is 0 Å². The fraction of sp³-hybridized carbons (Fsp3) is 0.120. The fourth-order valence-electron chi connectivity index (χ4n) is 2.89. The first-order valence-electron chi connectivity index (χ1n) is 10.5. The Labute approximate surface area is 200 Å². The molecular formula is C25H26N4O2S2. The van der Waals surface area contributed by atoms with Crippen LogP contribution in [-0.2, 0) is 11.0 Å². The van der Waals surface area contributed by atoms with E-state index in [0.717, 1.165) is 20.3 Å². The molecule has 6 nitrogen and oxygen atoms in total. The molecule has 4 aromatic rings. The zero-order valence-electron chi connectivity index (χ0n) is 18.7. The minimum atomic E-state index is -1.34. The van der Waals surface area contributed by atoms with Gasteiger partial charge in [-0.3, -0.25) is 9.29 Å². The summed E-state index contributed by atoms with van der Waals surface area (Å²) in [7, 11) is 0.445. The van der Waals surface area contributed by atoms with E-state index in [0.29, 0.717) is 11.4 Å². The van der Waals surface area contributed by atoms with Gasteiger partial charge in [0, 0.05) is 41.4 Å². The molecule has 4 rings (SSSR count). The maximum absolute atomic E-state index is 13.0. The van der Waals surface area contributed by atoms with Crippen LogP contribution in [0.15, 0.2) is 95.5 Å². The molecule has 2 N–H and O–H groups in total. The van der Waals surface area contributed by atoms with Crippen molar-refractivity contribution >= 4 is 45.4 Å². The number of carbonyl (C=O) groups excluding carboxylic acids is 1. The van der Waals surface area contributed by atoms with Crippen LogP contribution in [0.5, 0.6) is 0 Å². The molecule has 170 valence electrons. The molecule has 0 fully saturated rings. The summed E-state index contributed by atoms with van der Waals surface area (Å²) in [5.41, 5.74) is 3.20. The van der Waals surface area contributed by atoms with Gasteiger partial charge in [0.15, 0.2) is 11.0 Å². The van der Waals surface area contributed by atoms with E-state index < -0.39 is 11.0 Å². The summed E-state index contributed by atoms with van der Waals surface area (Å²) in [6, 6.07) is 23.9. The number of thiophene rings is 1. The highest BCUT2D eigenvalue weighted by atomic mass is 32.2. The molecule has 8 heteroatoms. The van der Waals surface area contributed by atoms with Gasteiger partial charge in [-0.15, -0.1) is 11.3 Å². The SMILES string of the molecule is CC.CN(c1ccc(NC(=O)Nc2ccccc2)cc1)S(=O)c1ccc(-c2ccncc2)s1. The number of aromatic nitrogens is 1. The van der Waals surface area contributed by atoms with Crippen LogP contribution in [0.4, 0.5) is 21.9 Å². The minimum Gasteiger partial charge on any atom is -0.308 e. The topological polar surface area (TPSA) is 74.3 Å². The first-order chi connectivity index (χ1) is 16.1. The van der Waals surface area contributed by atoms with Crippen molar-refractivity contribution in [1.29, 1.82) is 0 Å². The molecule has 2 aromatic carbocycles. The Morgan fingerprint density at radius 1 is 0.848 bits per heavy atom. The van der Waals surface area contributed by atoms with E-state index in [-0.39, 0.29) is 6.03 Å². The van der Waals surface area contributed by atoms with Crippen LogP contribution in [0.25, 0.3) is 10.4 Å². The summed E-state index contributed by atoms with van der Waals surface area (Å²) in [6.07, 6.45) is 3.49. The number of urea groups is 1. The molecule has 1 unspecified atom stereocenters. The van der Waals surface area contributed by atoms with E-state index >= 15 is 0 Å². The number of carbonyl (C=O) groups is 1. The van der Waals surface area contributed by atoms with Crippen LogP contribution < -0.4 is 14.9 Å². The zero-order valence-corrected chi connectivity index (χ0v) is 20.3. The van der Waals surface area contributed by atoms with Crippen LogP contribution >= 0.6 is 11.3 Å². The molecule has 2 amide bonds. The fourth-order valence-corrected chi connectivity index (χ4v) is 5.29. The van der Waals surface area contributed by atoms with Gasteiger partial charge in [0.25, 0.3) is 0 Å². The molecule has 1 atom stereocenters. The predicted octanol–water partition coefficient (Wildman–Crippen LogP) is 6.64. The quantitative estimate of drug-likeness (QED) is 0.326. The highest BCUT2D eigenvalue weighted by Crippen LogP contribution is 2.31. The number of anilines is 3. The van der Waals surface area contributed by atoms with Crippen molar-refractivity contribution in [3.8, 4) is 10.4 Å². The first-order valence-corrected chi connectivity index (χ1v) is 12.4. The zero-order chi connectivity index (χ0) is 23.6. The molecular weight excluding hydrogens is 452 g/mol. The number of pyridine rings is 1. The number of benzene rings is 2. The third-order valence-electron chi connectivity index (χ3n) is 4.49. The van der Waals surface area contributed by atoms with Crippen LogP contribution in [-0.4, -0.2) is 22.3 Å². The Bertz CT molecular complexity index is 1180. The summed E-state index contributed by atoms with van der Waals surface area (Å²) in [5.74, 6) is 0. The Kier molecular flexibility index (Phi) is 8.74. The van der Waals surface area contributed by atoms with E-state index in [4.69, 9.17) is 0 Å². The largest absolute Gasteiger partial charge is 0.323 e. The lowest BCUT2D eigenvalue weighted by atomic mass is 10.2. The second kappa shape index (κ2) is 11.9. The molecule has 2 heterocycles. The average Bonchev–Trinajstić information content (AvgIpc) is 3.36. The molecule has 0 spiro atoms. The van der Waals surface area contributed by atoms with Crippen molar-refractivity contribution < 1.29 is 9.00 Å². The maximum atomic E-state index is 13.0.